The van der Waals surface area contributed by atoms with Crippen molar-refractivity contribution in [3.05, 3.63) is 105 Å². The van der Waals surface area contributed by atoms with Crippen LogP contribution in [0.25, 0.3) is 11.0 Å². The number of fused-ring (bicyclic) bond motifs is 1. The van der Waals surface area contributed by atoms with Gasteiger partial charge in [-0.3, -0.25) is 4.79 Å². The van der Waals surface area contributed by atoms with Crippen molar-refractivity contribution in [3.63, 3.8) is 0 Å². The van der Waals surface area contributed by atoms with Crippen LogP contribution in [0.4, 0.5) is 11.6 Å². The molecule has 4 aromatic rings. The van der Waals surface area contributed by atoms with Gasteiger partial charge in [0.15, 0.2) is 5.43 Å². The van der Waals surface area contributed by atoms with E-state index in [4.69, 9.17) is 10.2 Å². The third kappa shape index (κ3) is 4.65. The number of rotatable bonds is 6. The van der Waals surface area contributed by atoms with E-state index >= 15 is 0 Å². The van der Waals surface area contributed by atoms with E-state index in [0.717, 1.165) is 29.5 Å². The van der Waals surface area contributed by atoms with E-state index in [1.54, 1.807) is 24.3 Å². The number of aryl methyl sites for hydroxylation is 1. The second-order valence-electron chi connectivity index (χ2n) is 10.3. The van der Waals surface area contributed by atoms with Crippen LogP contribution in [0.5, 0.6) is 0 Å². The molecule has 3 aromatic carbocycles. The highest BCUT2D eigenvalue weighted by molar-refractivity contribution is 5.94. The lowest BCUT2D eigenvalue weighted by Crippen LogP contribution is -2.48. The van der Waals surface area contributed by atoms with Crippen LogP contribution >= 0.6 is 0 Å². The maximum Gasteiger partial charge on any atom is 0.337 e. The van der Waals surface area contributed by atoms with Gasteiger partial charge in [0.25, 0.3) is 0 Å². The van der Waals surface area contributed by atoms with Crippen LogP contribution in [0, 0.1) is 13.8 Å². The van der Waals surface area contributed by atoms with Gasteiger partial charge in [0, 0.05) is 29.9 Å². The quantitative estimate of drug-likeness (QED) is 0.303. The first-order valence-corrected chi connectivity index (χ1v) is 12.9. The fourth-order valence-corrected chi connectivity index (χ4v) is 5.45. The second kappa shape index (κ2) is 9.99. The number of benzene rings is 3. The molecule has 4 N–H and O–H groups in total. The van der Waals surface area contributed by atoms with E-state index in [0.29, 0.717) is 41.2 Å². The highest BCUT2D eigenvalue weighted by atomic mass is 16.4. The average molecular weight is 512 g/mol. The number of para-hydroxylation sites is 1. The van der Waals surface area contributed by atoms with Gasteiger partial charge in [-0.2, -0.15) is 0 Å². The SMILES string of the molecule is Cc1cc([C@@H](C)Nc2ccccc2C(=O)O)c2oc(N3CCC(N)(c4ccccc4)CC3)c(C)c(=O)c2c1. The predicted molar refractivity (Wildman–Crippen MR) is 151 cm³/mol. The molecular formula is C31H33N3O4. The van der Waals surface area contributed by atoms with Crippen LogP contribution < -0.4 is 21.4 Å². The summed E-state index contributed by atoms with van der Waals surface area (Å²) in [5.41, 5.74) is 11.0. The molecule has 0 aliphatic carbocycles. The molecular weight excluding hydrogens is 478 g/mol. The molecule has 1 aliphatic rings. The Morgan fingerprint density at radius 2 is 1.71 bits per heavy atom. The summed E-state index contributed by atoms with van der Waals surface area (Å²) < 4.78 is 6.54. The Hall–Kier alpha value is -4.10. The van der Waals surface area contributed by atoms with E-state index in [-0.39, 0.29) is 17.0 Å². The van der Waals surface area contributed by atoms with Crippen LogP contribution in [0.2, 0.25) is 0 Å². The molecule has 1 aromatic heterocycles. The largest absolute Gasteiger partial charge is 0.478 e. The Morgan fingerprint density at radius 1 is 1.05 bits per heavy atom. The minimum atomic E-state index is -1.00. The number of anilines is 2. The van der Waals surface area contributed by atoms with Gasteiger partial charge in [-0.1, -0.05) is 48.5 Å². The summed E-state index contributed by atoms with van der Waals surface area (Å²) in [5.74, 6) is -0.434. The molecule has 0 spiro atoms. The molecule has 0 amide bonds. The molecule has 1 saturated heterocycles. The number of nitrogens with two attached hydrogens (primary N) is 1. The van der Waals surface area contributed by atoms with Gasteiger partial charge < -0.3 is 25.5 Å². The summed E-state index contributed by atoms with van der Waals surface area (Å²) >= 11 is 0. The Labute approximate surface area is 221 Å². The maximum atomic E-state index is 13.6. The summed E-state index contributed by atoms with van der Waals surface area (Å²) in [6.07, 6.45) is 1.48. The van der Waals surface area contributed by atoms with Gasteiger partial charge in [-0.15, -0.1) is 0 Å². The molecule has 7 heteroatoms. The molecule has 7 nitrogen and oxygen atoms in total. The Kier molecular flexibility index (Phi) is 6.71. The van der Waals surface area contributed by atoms with Crippen molar-refractivity contribution in [1.82, 2.24) is 0 Å². The van der Waals surface area contributed by atoms with Crippen LogP contribution in [-0.4, -0.2) is 24.2 Å². The van der Waals surface area contributed by atoms with E-state index in [1.165, 1.54) is 0 Å². The van der Waals surface area contributed by atoms with Gasteiger partial charge in [0.2, 0.25) is 5.88 Å². The topological polar surface area (TPSA) is 109 Å². The Morgan fingerprint density at radius 3 is 2.39 bits per heavy atom. The van der Waals surface area contributed by atoms with Crippen molar-refractivity contribution in [2.75, 3.05) is 23.3 Å². The number of carboxylic acids is 1. The summed E-state index contributed by atoms with van der Waals surface area (Å²) in [6, 6.07) is 20.5. The molecule has 0 radical (unpaired) electrons. The molecule has 1 aliphatic heterocycles. The maximum absolute atomic E-state index is 13.6. The van der Waals surface area contributed by atoms with E-state index in [2.05, 4.69) is 22.3 Å². The molecule has 0 unspecified atom stereocenters. The number of piperidine rings is 1. The molecule has 5 rings (SSSR count). The number of aromatic carboxylic acids is 1. The summed E-state index contributed by atoms with van der Waals surface area (Å²) in [6.45, 7) is 7.03. The number of hydrogen-bond donors (Lipinski definition) is 3. The third-order valence-corrected chi connectivity index (χ3v) is 7.65. The van der Waals surface area contributed by atoms with Crippen molar-refractivity contribution < 1.29 is 14.3 Å². The Bertz CT molecular complexity index is 1550. The van der Waals surface area contributed by atoms with E-state index in [1.807, 2.05) is 51.1 Å². The minimum Gasteiger partial charge on any atom is -0.478 e. The van der Waals surface area contributed by atoms with Crippen molar-refractivity contribution in [2.45, 2.75) is 45.2 Å². The van der Waals surface area contributed by atoms with Gasteiger partial charge in [-0.05, 0) is 62.9 Å². The smallest absolute Gasteiger partial charge is 0.337 e. The third-order valence-electron chi connectivity index (χ3n) is 7.65. The predicted octanol–water partition coefficient (Wildman–Crippen LogP) is 5.74. The number of carbonyl (C=O) groups is 1. The fraction of sp³-hybridized carbons (Fsp3) is 0.290. The lowest BCUT2D eigenvalue weighted by atomic mass is 9.82. The number of nitrogens with zero attached hydrogens (tertiary/aromatic N) is 1. The molecule has 0 bridgehead atoms. The average Bonchev–Trinajstić information content (AvgIpc) is 2.92. The molecule has 1 fully saturated rings. The van der Waals surface area contributed by atoms with E-state index < -0.39 is 11.5 Å². The normalized spacial score (nSPS) is 15.8. The zero-order valence-corrected chi connectivity index (χ0v) is 22.0. The first-order chi connectivity index (χ1) is 18.2. The van der Waals surface area contributed by atoms with Gasteiger partial charge in [0.1, 0.15) is 5.58 Å². The zero-order chi connectivity index (χ0) is 27.0. The monoisotopic (exact) mass is 511 g/mol. The van der Waals surface area contributed by atoms with Crippen LogP contribution in [0.3, 0.4) is 0 Å². The van der Waals surface area contributed by atoms with E-state index in [9.17, 15) is 14.7 Å². The summed E-state index contributed by atoms with van der Waals surface area (Å²) in [5, 5.41) is 13.4. The van der Waals surface area contributed by atoms with Crippen LogP contribution in [0.15, 0.2) is 75.9 Å². The molecule has 0 saturated carbocycles. The van der Waals surface area contributed by atoms with Gasteiger partial charge in [-0.25, -0.2) is 4.79 Å². The summed E-state index contributed by atoms with van der Waals surface area (Å²) in [7, 11) is 0. The molecule has 196 valence electrons. The molecule has 38 heavy (non-hydrogen) atoms. The minimum absolute atomic E-state index is 0.0584. The van der Waals surface area contributed by atoms with Crippen LogP contribution in [0.1, 0.15) is 58.4 Å². The molecule has 1 atom stereocenters. The summed E-state index contributed by atoms with van der Waals surface area (Å²) in [4.78, 5) is 27.4. The first kappa shape index (κ1) is 25.5. The number of nitrogens with one attached hydrogen (secondary N) is 1. The second-order valence-corrected chi connectivity index (χ2v) is 10.3. The zero-order valence-electron chi connectivity index (χ0n) is 22.0. The van der Waals surface area contributed by atoms with Gasteiger partial charge >= 0.3 is 5.97 Å². The highest BCUT2D eigenvalue weighted by Gasteiger charge is 2.34. The number of carboxylic acid groups (broad SMARTS) is 1. The Balaban J connectivity index is 1.51. The standard InChI is InChI=1S/C31H33N3O4/c1-19-17-24(21(3)33-26-12-8-7-11-23(26)30(36)37)28-25(18-19)27(35)20(2)29(38-28)34-15-13-31(32,14-16-34)22-9-5-4-6-10-22/h4-12,17-18,21,33H,13-16,32H2,1-3H3,(H,36,37)/t21-/m1/s1. The van der Waals surface area contributed by atoms with Crippen molar-refractivity contribution in [2.24, 2.45) is 5.73 Å². The lowest BCUT2D eigenvalue weighted by molar-refractivity contribution is 0.0698. The van der Waals surface area contributed by atoms with Gasteiger partial charge in [0.05, 0.1) is 22.6 Å². The first-order valence-electron chi connectivity index (χ1n) is 12.9. The number of hydrogen-bond acceptors (Lipinski definition) is 6. The molecule has 2 heterocycles. The van der Waals surface area contributed by atoms with Crippen LogP contribution in [-0.2, 0) is 5.54 Å². The van der Waals surface area contributed by atoms with Crippen molar-refractivity contribution >= 4 is 28.5 Å². The van der Waals surface area contributed by atoms with Crippen molar-refractivity contribution in [1.29, 1.82) is 0 Å². The van der Waals surface area contributed by atoms with Crippen molar-refractivity contribution in [3.8, 4) is 0 Å². The highest BCUT2D eigenvalue weighted by Crippen LogP contribution is 2.36. The fourth-order valence-electron chi connectivity index (χ4n) is 5.45. The lowest BCUT2D eigenvalue weighted by Gasteiger charge is -2.40.